The Morgan fingerprint density at radius 3 is 2.06 bits per heavy atom. The summed E-state index contributed by atoms with van der Waals surface area (Å²) in [6.07, 6.45) is 8.41. The van der Waals surface area contributed by atoms with Crippen molar-refractivity contribution < 1.29 is 9.47 Å². The number of ether oxygens (including phenoxy) is 2. The lowest BCUT2D eigenvalue weighted by Crippen LogP contribution is -2.28. The summed E-state index contributed by atoms with van der Waals surface area (Å²) in [6, 6.07) is 8.01. The third-order valence-corrected chi connectivity index (χ3v) is 3.49. The van der Waals surface area contributed by atoms with Crippen LogP contribution in [0.5, 0.6) is 5.75 Å². The molecular formula is C15H17NO2. The number of rotatable bonds is 3. The van der Waals surface area contributed by atoms with Crippen LogP contribution in [0.2, 0.25) is 0 Å². The molecule has 0 aromatic heterocycles. The van der Waals surface area contributed by atoms with Gasteiger partial charge in [-0.05, 0) is 17.2 Å². The van der Waals surface area contributed by atoms with Gasteiger partial charge >= 0.3 is 0 Å². The zero-order chi connectivity index (χ0) is 11.9. The number of para-hydroxylation sites is 1. The predicted octanol–water partition coefficient (Wildman–Crippen LogP) is 3.14. The van der Waals surface area contributed by atoms with Crippen molar-refractivity contribution in [3.63, 3.8) is 0 Å². The second-order valence-electron chi connectivity index (χ2n) is 4.16. The molecular weight excluding hydrogens is 226 g/mol. The fraction of sp³-hybridized carbons (Fsp3) is 0.200. The molecule has 3 rings (SSSR count). The van der Waals surface area contributed by atoms with E-state index in [1.54, 1.807) is 14.2 Å². The van der Waals surface area contributed by atoms with Crippen LogP contribution in [0, 0.1) is 0 Å². The average Bonchev–Trinajstić information content (AvgIpc) is 2.94. The molecule has 0 amide bonds. The second kappa shape index (κ2) is 4.44. The monoisotopic (exact) mass is 243 g/mol. The molecule has 18 heavy (non-hydrogen) atoms. The first-order chi connectivity index (χ1) is 8.32. The van der Waals surface area contributed by atoms with E-state index in [9.17, 15) is 0 Å². The van der Waals surface area contributed by atoms with Crippen LogP contribution in [0.1, 0.15) is 5.56 Å². The summed E-state index contributed by atoms with van der Waals surface area (Å²) in [5, 5.41) is 0. The van der Waals surface area contributed by atoms with E-state index in [1.807, 2.05) is 18.2 Å². The quantitative estimate of drug-likeness (QED) is 0.887. The molecule has 3 N–H and O–H groups in total. The van der Waals surface area contributed by atoms with Crippen LogP contribution in [-0.2, 0) is 10.3 Å². The number of hydrogen-bond acceptors (Lipinski definition) is 3. The molecule has 0 aliphatic heterocycles. The van der Waals surface area contributed by atoms with Crippen LogP contribution in [0.4, 0.5) is 0 Å². The highest BCUT2D eigenvalue weighted by molar-refractivity contribution is 5.66. The maximum absolute atomic E-state index is 5.84. The van der Waals surface area contributed by atoms with Crippen LogP contribution in [0.15, 0.2) is 59.7 Å². The zero-order valence-corrected chi connectivity index (χ0v) is 10.6. The molecule has 3 heteroatoms. The molecule has 1 aromatic carbocycles. The van der Waals surface area contributed by atoms with E-state index in [2.05, 4.69) is 30.4 Å². The molecule has 3 nitrogen and oxygen atoms in total. The molecule has 0 radical (unpaired) electrons. The van der Waals surface area contributed by atoms with E-state index in [1.165, 1.54) is 11.1 Å². The minimum absolute atomic E-state index is 0. The number of methoxy groups -OCH3 is 2. The fourth-order valence-electron chi connectivity index (χ4n) is 2.70. The molecule has 1 aromatic rings. The van der Waals surface area contributed by atoms with Crippen molar-refractivity contribution in [2.75, 3.05) is 14.2 Å². The molecule has 2 bridgehead atoms. The topological polar surface area (TPSA) is 53.5 Å². The van der Waals surface area contributed by atoms with Crippen LogP contribution >= 0.6 is 0 Å². The average molecular weight is 243 g/mol. The molecule has 0 fully saturated rings. The fourth-order valence-corrected chi connectivity index (χ4v) is 2.70. The van der Waals surface area contributed by atoms with E-state index in [-0.39, 0.29) is 6.15 Å². The zero-order valence-electron chi connectivity index (χ0n) is 10.6. The molecule has 0 unspecified atom stereocenters. The van der Waals surface area contributed by atoms with Gasteiger partial charge in [0.1, 0.15) is 11.4 Å². The summed E-state index contributed by atoms with van der Waals surface area (Å²) < 4.78 is 11.3. The molecule has 2 aliphatic carbocycles. The highest BCUT2D eigenvalue weighted by Crippen LogP contribution is 2.51. The highest BCUT2D eigenvalue weighted by Gasteiger charge is 2.45. The molecule has 0 spiro atoms. The smallest absolute Gasteiger partial charge is 0.146 e. The van der Waals surface area contributed by atoms with Crippen LogP contribution in [-0.4, -0.2) is 14.2 Å². The Labute approximate surface area is 107 Å². The van der Waals surface area contributed by atoms with Gasteiger partial charge < -0.3 is 15.6 Å². The van der Waals surface area contributed by atoms with Gasteiger partial charge in [0, 0.05) is 12.7 Å². The standard InChI is InChI=1S/C15H14O2.H3N/c1-16-14-6-4-3-5-13(14)15(17-2)11-7-8-12(15)10-9-11;/h3-10H,1-2H3;1H3. The number of hydrogen-bond donors (Lipinski definition) is 1. The normalized spacial score (nSPS) is 18.1. The van der Waals surface area contributed by atoms with Gasteiger partial charge in [0.15, 0.2) is 0 Å². The molecule has 94 valence electrons. The van der Waals surface area contributed by atoms with Gasteiger partial charge in [0.05, 0.1) is 7.11 Å². The highest BCUT2D eigenvalue weighted by atomic mass is 16.5. The first-order valence-corrected chi connectivity index (χ1v) is 5.62. The SMILES string of the molecule is COc1ccccc1C1(OC)C2=CC=C1C=C2.N. The van der Waals surface area contributed by atoms with Crippen molar-refractivity contribution in [3.8, 4) is 5.75 Å². The summed E-state index contributed by atoms with van der Waals surface area (Å²) in [6.45, 7) is 0. The van der Waals surface area contributed by atoms with Crippen LogP contribution < -0.4 is 10.9 Å². The maximum atomic E-state index is 5.84. The van der Waals surface area contributed by atoms with E-state index in [4.69, 9.17) is 9.47 Å². The first-order valence-electron chi connectivity index (χ1n) is 5.62. The van der Waals surface area contributed by atoms with E-state index < -0.39 is 5.60 Å². The Hall–Kier alpha value is -1.84. The van der Waals surface area contributed by atoms with Crippen molar-refractivity contribution in [2.24, 2.45) is 0 Å². The van der Waals surface area contributed by atoms with Gasteiger partial charge in [-0.3, -0.25) is 0 Å². The Balaban J connectivity index is 0.00000120. The van der Waals surface area contributed by atoms with Crippen LogP contribution in [0.25, 0.3) is 0 Å². The molecule has 2 aliphatic rings. The van der Waals surface area contributed by atoms with Gasteiger partial charge in [0.2, 0.25) is 0 Å². The number of benzene rings is 1. The lowest BCUT2D eigenvalue weighted by atomic mass is 9.86. The van der Waals surface area contributed by atoms with Crippen LogP contribution in [0.3, 0.4) is 0 Å². The lowest BCUT2D eigenvalue weighted by Gasteiger charge is -2.30. The largest absolute Gasteiger partial charge is 0.496 e. The third kappa shape index (κ3) is 1.38. The number of allylic oxidation sites excluding steroid dienone is 2. The predicted molar refractivity (Wildman–Crippen MR) is 72.0 cm³/mol. The molecule has 0 saturated heterocycles. The summed E-state index contributed by atoms with van der Waals surface area (Å²) in [4.78, 5) is 0. The van der Waals surface area contributed by atoms with Gasteiger partial charge in [-0.25, -0.2) is 0 Å². The first kappa shape index (κ1) is 12.6. The van der Waals surface area contributed by atoms with Gasteiger partial charge in [-0.15, -0.1) is 0 Å². The van der Waals surface area contributed by atoms with E-state index in [0.29, 0.717) is 0 Å². The minimum Gasteiger partial charge on any atom is -0.496 e. The van der Waals surface area contributed by atoms with Crippen molar-refractivity contribution in [2.45, 2.75) is 5.60 Å². The van der Waals surface area contributed by atoms with Crippen molar-refractivity contribution in [1.82, 2.24) is 6.15 Å². The van der Waals surface area contributed by atoms with E-state index in [0.717, 1.165) is 11.3 Å². The Morgan fingerprint density at radius 2 is 1.56 bits per heavy atom. The third-order valence-electron chi connectivity index (χ3n) is 3.49. The molecule has 0 heterocycles. The van der Waals surface area contributed by atoms with Crippen molar-refractivity contribution in [3.05, 3.63) is 65.3 Å². The number of fused-ring (bicyclic) bond motifs is 2. The lowest BCUT2D eigenvalue weighted by molar-refractivity contribution is 0.0609. The Bertz CT molecular complexity index is 533. The summed E-state index contributed by atoms with van der Waals surface area (Å²) in [5.41, 5.74) is 2.93. The van der Waals surface area contributed by atoms with Gasteiger partial charge in [0.25, 0.3) is 0 Å². The summed E-state index contributed by atoms with van der Waals surface area (Å²) in [5.74, 6) is 0.858. The second-order valence-corrected chi connectivity index (χ2v) is 4.16. The summed E-state index contributed by atoms with van der Waals surface area (Å²) >= 11 is 0. The molecule has 0 atom stereocenters. The van der Waals surface area contributed by atoms with Gasteiger partial charge in [-0.2, -0.15) is 0 Å². The Kier molecular flexibility index (Phi) is 3.11. The maximum Gasteiger partial charge on any atom is 0.146 e. The Morgan fingerprint density at radius 1 is 0.944 bits per heavy atom. The molecule has 0 saturated carbocycles. The van der Waals surface area contributed by atoms with Crippen molar-refractivity contribution in [1.29, 1.82) is 0 Å². The van der Waals surface area contributed by atoms with Gasteiger partial charge in [-0.1, -0.05) is 42.5 Å². The van der Waals surface area contributed by atoms with E-state index >= 15 is 0 Å². The summed E-state index contributed by atoms with van der Waals surface area (Å²) in [7, 11) is 3.43. The minimum atomic E-state index is -0.466. The van der Waals surface area contributed by atoms with Crippen molar-refractivity contribution >= 4 is 0 Å².